The first-order valence-electron chi connectivity index (χ1n) is 10.2. The maximum absolute atomic E-state index is 13.6. The number of nitrogens with zero attached hydrogens (tertiary/aromatic N) is 2. The van der Waals surface area contributed by atoms with Crippen LogP contribution in [-0.2, 0) is 13.2 Å². The van der Waals surface area contributed by atoms with Crippen LogP contribution in [0.15, 0.2) is 79.0 Å². The summed E-state index contributed by atoms with van der Waals surface area (Å²) in [5.74, 6) is -0.638. The molecule has 168 valence electrons. The molecule has 0 spiro atoms. The number of aromatic nitrogens is 2. The zero-order chi connectivity index (χ0) is 23.2. The molecule has 0 bridgehead atoms. The Kier molecular flexibility index (Phi) is 6.64. The third-order valence-corrected chi connectivity index (χ3v) is 4.83. The summed E-state index contributed by atoms with van der Waals surface area (Å²) in [7, 11) is 1.51. The van der Waals surface area contributed by atoms with Crippen LogP contribution in [0.2, 0.25) is 0 Å². The molecule has 4 rings (SSSR count). The normalized spacial score (nSPS) is 10.6. The Bertz CT molecular complexity index is 1270. The molecule has 1 N–H and O–H groups in total. The van der Waals surface area contributed by atoms with E-state index in [0.29, 0.717) is 22.6 Å². The van der Waals surface area contributed by atoms with Gasteiger partial charge in [0.05, 0.1) is 19.3 Å². The quantitative estimate of drug-likeness (QED) is 0.409. The van der Waals surface area contributed by atoms with E-state index in [9.17, 15) is 13.6 Å². The molecule has 0 saturated carbocycles. The van der Waals surface area contributed by atoms with Crippen LogP contribution in [0.4, 0.5) is 14.5 Å². The van der Waals surface area contributed by atoms with E-state index in [1.54, 1.807) is 48.5 Å². The summed E-state index contributed by atoms with van der Waals surface area (Å²) in [6.45, 7) is 0.250. The maximum Gasteiger partial charge on any atom is 0.262 e. The van der Waals surface area contributed by atoms with Crippen LogP contribution < -0.4 is 14.8 Å². The zero-order valence-corrected chi connectivity index (χ0v) is 17.8. The number of hydrogen-bond donors (Lipinski definition) is 1. The van der Waals surface area contributed by atoms with Gasteiger partial charge in [0.2, 0.25) is 5.88 Å². The molecular formula is C25H21F2N3O3. The highest BCUT2D eigenvalue weighted by Gasteiger charge is 2.20. The zero-order valence-electron chi connectivity index (χ0n) is 17.8. The van der Waals surface area contributed by atoms with Gasteiger partial charge < -0.3 is 14.8 Å². The second kappa shape index (κ2) is 9.95. The third-order valence-electron chi connectivity index (χ3n) is 4.83. The molecule has 0 fully saturated rings. The van der Waals surface area contributed by atoms with Crippen LogP contribution >= 0.6 is 0 Å². The summed E-state index contributed by atoms with van der Waals surface area (Å²) in [4.78, 5) is 13.1. The van der Waals surface area contributed by atoms with Gasteiger partial charge in [-0.1, -0.05) is 36.4 Å². The molecule has 0 saturated heterocycles. The van der Waals surface area contributed by atoms with Crippen molar-refractivity contribution in [2.75, 3.05) is 12.4 Å². The molecule has 1 aromatic heterocycles. The second-order valence-electron chi connectivity index (χ2n) is 7.25. The van der Waals surface area contributed by atoms with Crippen LogP contribution in [0.3, 0.4) is 0 Å². The Labute approximate surface area is 189 Å². The number of ether oxygens (including phenoxy) is 2. The first-order valence-corrected chi connectivity index (χ1v) is 10.2. The lowest BCUT2D eigenvalue weighted by atomic mass is 10.2. The van der Waals surface area contributed by atoms with Crippen molar-refractivity contribution in [2.45, 2.75) is 13.2 Å². The lowest BCUT2D eigenvalue weighted by Crippen LogP contribution is -2.13. The second-order valence-corrected chi connectivity index (χ2v) is 7.25. The fourth-order valence-electron chi connectivity index (χ4n) is 3.29. The van der Waals surface area contributed by atoms with Gasteiger partial charge in [-0.05, 0) is 47.5 Å². The van der Waals surface area contributed by atoms with Crippen molar-refractivity contribution in [1.82, 2.24) is 9.78 Å². The molecular weight excluding hydrogens is 428 g/mol. The monoisotopic (exact) mass is 449 g/mol. The number of carbonyl (C=O) groups is 1. The smallest absolute Gasteiger partial charge is 0.262 e. The number of methoxy groups -OCH3 is 1. The minimum atomic E-state index is -0.459. The number of carbonyl (C=O) groups excluding carboxylic acids is 1. The highest BCUT2D eigenvalue weighted by atomic mass is 19.1. The topological polar surface area (TPSA) is 65.4 Å². The van der Waals surface area contributed by atoms with E-state index in [1.165, 1.54) is 42.3 Å². The fraction of sp³-hybridized carbons (Fsp3) is 0.120. The van der Waals surface area contributed by atoms with Crippen molar-refractivity contribution in [2.24, 2.45) is 0 Å². The van der Waals surface area contributed by atoms with Gasteiger partial charge >= 0.3 is 0 Å². The standard InChI is InChI=1S/C25H21F2N3O3/c1-32-23-11-3-2-10-22(23)28-24(31)21-15-30(14-17-6-4-8-19(26)12-17)29-25(21)33-16-18-7-5-9-20(27)13-18/h2-13,15H,14,16H2,1H3,(H,28,31). The highest BCUT2D eigenvalue weighted by molar-refractivity contribution is 6.06. The van der Waals surface area contributed by atoms with Crippen LogP contribution in [0.5, 0.6) is 11.6 Å². The average Bonchev–Trinajstić information content (AvgIpc) is 3.21. The van der Waals surface area contributed by atoms with E-state index in [4.69, 9.17) is 9.47 Å². The van der Waals surface area contributed by atoms with Gasteiger partial charge in [-0.15, -0.1) is 5.10 Å². The first kappa shape index (κ1) is 22.0. The molecule has 0 radical (unpaired) electrons. The van der Waals surface area contributed by atoms with E-state index in [0.717, 1.165) is 0 Å². The number of nitrogens with one attached hydrogen (secondary N) is 1. The van der Waals surface area contributed by atoms with Crippen molar-refractivity contribution in [3.63, 3.8) is 0 Å². The molecule has 4 aromatic rings. The summed E-state index contributed by atoms with van der Waals surface area (Å²) in [6.07, 6.45) is 1.52. The summed E-state index contributed by atoms with van der Waals surface area (Å²) in [5, 5.41) is 7.16. The summed E-state index contributed by atoms with van der Waals surface area (Å²) in [5.41, 5.74) is 1.92. The lowest BCUT2D eigenvalue weighted by Gasteiger charge is -2.10. The highest BCUT2D eigenvalue weighted by Crippen LogP contribution is 2.26. The number of amides is 1. The lowest BCUT2D eigenvalue weighted by molar-refractivity contribution is 0.102. The Morgan fingerprint density at radius 3 is 2.39 bits per heavy atom. The van der Waals surface area contributed by atoms with Gasteiger partial charge in [0.15, 0.2) is 0 Å². The van der Waals surface area contributed by atoms with Gasteiger partial charge in [0, 0.05) is 6.20 Å². The third kappa shape index (κ3) is 5.54. The summed E-state index contributed by atoms with van der Waals surface area (Å²) in [6, 6.07) is 19.1. The van der Waals surface area contributed by atoms with Gasteiger partial charge in [0.25, 0.3) is 5.91 Å². The molecule has 1 heterocycles. The fourth-order valence-corrected chi connectivity index (χ4v) is 3.29. The molecule has 0 aliphatic carbocycles. The molecule has 6 nitrogen and oxygen atoms in total. The van der Waals surface area contributed by atoms with Crippen molar-refractivity contribution >= 4 is 11.6 Å². The van der Waals surface area contributed by atoms with Crippen molar-refractivity contribution in [3.05, 3.63) is 107 Å². The van der Waals surface area contributed by atoms with E-state index in [2.05, 4.69) is 10.4 Å². The van der Waals surface area contributed by atoms with Gasteiger partial charge in [-0.2, -0.15) is 0 Å². The summed E-state index contributed by atoms with van der Waals surface area (Å²) < 4.78 is 39.6. The van der Waals surface area contributed by atoms with Crippen LogP contribution in [0.25, 0.3) is 0 Å². The van der Waals surface area contributed by atoms with Crippen molar-refractivity contribution in [3.8, 4) is 11.6 Å². The van der Waals surface area contributed by atoms with Crippen LogP contribution in [0, 0.1) is 11.6 Å². The Morgan fingerprint density at radius 1 is 0.970 bits per heavy atom. The Morgan fingerprint density at radius 2 is 1.67 bits per heavy atom. The van der Waals surface area contributed by atoms with Crippen molar-refractivity contribution in [1.29, 1.82) is 0 Å². The number of benzene rings is 3. The SMILES string of the molecule is COc1ccccc1NC(=O)c1cn(Cc2cccc(F)c2)nc1OCc1cccc(F)c1. The molecule has 0 unspecified atom stereocenters. The average molecular weight is 449 g/mol. The minimum Gasteiger partial charge on any atom is -0.495 e. The van der Waals surface area contributed by atoms with Gasteiger partial charge in [0.1, 0.15) is 29.6 Å². The molecule has 0 aliphatic heterocycles. The molecule has 1 amide bonds. The molecule has 0 aliphatic rings. The van der Waals surface area contributed by atoms with Gasteiger partial charge in [-0.25, -0.2) is 8.78 Å². The minimum absolute atomic E-state index is 0.0175. The van der Waals surface area contributed by atoms with E-state index < -0.39 is 5.91 Å². The Balaban J connectivity index is 1.60. The molecule has 33 heavy (non-hydrogen) atoms. The maximum atomic E-state index is 13.6. The number of halogens is 2. The largest absolute Gasteiger partial charge is 0.495 e. The van der Waals surface area contributed by atoms with E-state index in [1.807, 2.05) is 0 Å². The number of para-hydroxylation sites is 2. The van der Waals surface area contributed by atoms with E-state index >= 15 is 0 Å². The first-order chi connectivity index (χ1) is 16.0. The number of rotatable bonds is 8. The predicted octanol–water partition coefficient (Wildman–Crippen LogP) is 5.05. The predicted molar refractivity (Wildman–Crippen MR) is 119 cm³/mol. The van der Waals surface area contributed by atoms with Crippen molar-refractivity contribution < 1.29 is 23.0 Å². The van der Waals surface area contributed by atoms with Crippen LogP contribution in [-0.4, -0.2) is 22.8 Å². The summed E-state index contributed by atoms with van der Waals surface area (Å²) >= 11 is 0. The Hall–Kier alpha value is -4.20. The number of hydrogen-bond acceptors (Lipinski definition) is 4. The number of anilines is 1. The van der Waals surface area contributed by atoms with Gasteiger partial charge in [-0.3, -0.25) is 9.48 Å². The molecule has 3 aromatic carbocycles. The van der Waals surface area contributed by atoms with E-state index in [-0.39, 0.29) is 36.2 Å². The van der Waals surface area contributed by atoms with Crippen LogP contribution in [0.1, 0.15) is 21.5 Å². The molecule has 8 heteroatoms. The molecule has 0 atom stereocenters.